The maximum Gasteiger partial charge on any atom is 2.00 e. The Morgan fingerprint density at radius 3 is 1.10 bits per heavy atom. The van der Waals surface area contributed by atoms with E-state index in [0.29, 0.717) is 0 Å². The first kappa shape index (κ1) is 36.1. The van der Waals surface area contributed by atoms with Crippen molar-refractivity contribution in [3.05, 3.63) is 6.92 Å². The number of carbonyl (C=O) groups is 2. The van der Waals surface area contributed by atoms with E-state index in [0.717, 1.165) is 44.9 Å². The van der Waals surface area contributed by atoms with Crippen LogP contribution >= 0.6 is 0 Å². The van der Waals surface area contributed by atoms with E-state index in [9.17, 15) is 19.8 Å². The van der Waals surface area contributed by atoms with E-state index in [1.807, 2.05) is 0 Å². The zero-order valence-electron chi connectivity index (χ0n) is 19.6. The van der Waals surface area contributed by atoms with Gasteiger partial charge in [0.2, 0.25) is 0 Å². The Labute approximate surface area is 200 Å². The van der Waals surface area contributed by atoms with Gasteiger partial charge in [-0.2, -0.15) is 0 Å². The topological polar surface area (TPSA) is 80.3 Å². The van der Waals surface area contributed by atoms with Crippen LogP contribution in [0.5, 0.6) is 0 Å². The van der Waals surface area contributed by atoms with Crippen LogP contribution < -0.4 is 10.2 Å². The maximum atomic E-state index is 9.92. The van der Waals surface area contributed by atoms with E-state index in [1.54, 1.807) is 0 Å². The average molecular weight is 520 g/mol. The van der Waals surface area contributed by atoms with Crippen LogP contribution in [-0.2, 0) is 9.59 Å². The molecule has 0 saturated carbocycles. The van der Waals surface area contributed by atoms with Crippen molar-refractivity contribution in [3.63, 3.8) is 0 Å². The third-order valence-corrected chi connectivity index (χ3v) is 4.32. The van der Waals surface area contributed by atoms with E-state index in [2.05, 4.69) is 27.7 Å². The van der Waals surface area contributed by atoms with Crippen LogP contribution in [-0.4, -0.2) is 35.8 Å². The third kappa shape index (κ3) is 52.3. The first-order valence-electron chi connectivity index (χ1n) is 11.6. The molecule has 0 bridgehead atoms. The van der Waals surface area contributed by atoms with Crippen molar-refractivity contribution in [2.24, 2.45) is 0 Å². The zero-order chi connectivity index (χ0) is 21.9. The predicted molar refractivity (Wildman–Crippen MR) is 123 cm³/mol. The van der Waals surface area contributed by atoms with Crippen LogP contribution in [0.25, 0.3) is 0 Å². The first-order chi connectivity index (χ1) is 13.5. The van der Waals surface area contributed by atoms with Gasteiger partial charge in [0.05, 0.1) is 0 Å². The SMILES string of the molecule is CCCCCCCC(=O)[O-].CCCCCCCC(=O)[O-].[CH2]CCCCCCC.[HH].[Sn+2]. The first-order valence-corrected chi connectivity index (χ1v) is 11.6. The van der Waals surface area contributed by atoms with E-state index in [-0.39, 0.29) is 38.2 Å². The summed E-state index contributed by atoms with van der Waals surface area (Å²) in [5.41, 5.74) is 0. The summed E-state index contributed by atoms with van der Waals surface area (Å²) in [6, 6.07) is 0. The minimum atomic E-state index is -0.920. The minimum absolute atomic E-state index is 0. The van der Waals surface area contributed by atoms with Gasteiger partial charge in [0.25, 0.3) is 0 Å². The molecule has 0 spiro atoms. The number of rotatable bonds is 17. The molecule has 0 amide bonds. The summed E-state index contributed by atoms with van der Waals surface area (Å²) in [5, 5.41) is 19.8. The van der Waals surface area contributed by atoms with E-state index < -0.39 is 11.9 Å². The number of hydrogen-bond acceptors (Lipinski definition) is 4. The van der Waals surface area contributed by atoms with Crippen LogP contribution in [0, 0.1) is 6.92 Å². The van der Waals surface area contributed by atoms with Crippen molar-refractivity contribution in [1.82, 2.24) is 0 Å². The largest absolute Gasteiger partial charge is 2.00 e. The second-order valence-corrected chi connectivity index (χ2v) is 7.34. The van der Waals surface area contributed by atoms with Crippen LogP contribution in [0.4, 0.5) is 0 Å². The Kier molecular flexibility index (Phi) is 43.8. The molecule has 0 heterocycles. The Balaban J connectivity index is -0.000000102. The number of aliphatic carboxylic acids is 2. The summed E-state index contributed by atoms with van der Waals surface area (Å²) >= 11 is 0. The Hall–Kier alpha value is -0.261. The van der Waals surface area contributed by atoms with E-state index >= 15 is 0 Å². The molecule has 0 aromatic heterocycles. The summed E-state index contributed by atoms with van der Waals surface area (Å²) < 4.78 is 0. The van der Waals surface area contributed by atoms with E-state index in [4.69, 9.17) is 0 Å². The van der Waals surface area contributed by atoms with Gasteiger partial charge in [0, 0.05) is 13.4 Å². The number of unbranched alkanes of at least 4 members (excludes halogenated alkanes) is 13. The molecule has 0 aromatic carbocycles. The van der Waals surface area contributed by atoms with E-state index in [1.165, 1.54) is 57.8 Å². The normalized spacial score (nSPS) is 9.38. The van der Waals surface area contributed by atoms with Crippen molar-refractivity contribution in [3.8, 4) is 0 Å². The fraction of sp³-hybridized carbons (Fsp3) is 0.875. The molecule has 0 aromatic rings. The number of carboxylic acids is 2. The van der Waals surface area contributed by atoms with Gasteiger partial charge in [-0.3, -0.25) is 0 Å². The predicted octanol–water partition coefficient (Wildman–Crippen LogP) is 5.24. The zero-order valence-corrected chi connectivity index (χ0v) is 22.4. The Morgan fingerprint density at radius 2 is 0.862 bits per heavy atom. The molecular formula is C24H49O4Sn. The number of carbonyl (C=O) groups excluding carboxylic acids is 2. The molecule has 0 aliphatic rings. The van der Waals surface area contributed by atoms with Crippen molar-refractivity contribution in [1.29, 1.82) is 0 Å². The molecule has 0 aliphatic heterocycles. The molecule has 0 rings (SSSR count). The average Bonchev–Trinajstić information content (AvgIpc) is 2.66. The second-order valence-electron chi connectivity index (χ2n) is 7.34. The molecular weight excluding hydrogens is 471 g/mol. The smallest absolute Gasteiger partial charge is 0.550 e. The van der Waals surface area contributed by atoms with Gasteiger partial charge >= 0.3 is 23.9 Å². The molecule has 4 nitrogen and oxygen atoms in total. The molecule has 0 saturated heterocycles. The summed E-state index contributed by atoms with van der Waals surface area (Å²) in [7, 11) is 0. The monoisotopic (exact) mass is 521 g/mol. The molecule has 173 valence electrons. The van der Waals surface area contributed by atoms with Gasteiger partial charge < -0.3 is 19.8 Å². The standard InChI is InChI=1S/2C8H16O2.C8H17.Sn.H2/c2*1-2-3-4-5-6-7-8(9)10;1-3-5-7-8-6-4-2;;/h2*2-7H2,1H3,(H,9,10);1,3-8H2,2H3;;1H/q;;;+2;/p-2. The van der Waals surface area contributed by atoms with Crippen LogP contribution in [0.3, 0.4) is 0 Å². The van der Waals surface area contributed by atoms with Crippen molar-refractivity contribution in [2.75, 3.05) is 0 Å². The second kappa shape index (κ2) is 35.2. The van der Waals surface area contributed by atoms with Crippen molar-refractivity contribution >= 4 is 35.8 Å². The van der Waals surface area contributed by atoms with Gasteiger partial charge in [-0.1, -0.05) is 118 Å². The molecule has 29 heavy (non-hydrogen) atoms. The van der Waals surface area contributed by atoms with Crippen molar-refractivity contribution < 1.29 is 21.2 Å². The fourth-order valence-electron chi connectivity index (χ4n) is 2.53. The third-order valence-electron chi connectivity index (χ3n) is 4.32. The molecule has 3 radical (unpaired) electrons. The fourth-order valence-corrected chi connectivity index (χ4v) is 2.53. The van der Waals surface area contributed by atoms with Crippen LogP contribution in [0.1, 0.15) is 138 Å². The minimum Gasteiger partial charge on any atom is -0.550 e. The van der Waals surface area contributed by atoms with Crippen LogP contribution in [0.15, 0.2) is 0 Å². The van der Waals surface area contributed by atoms with Gasteiger partial charge in [0.1, 0.15) is 0 Å². The van der Waals surface area contributed by atoms with Gasteiger partial charge in [-0.25, -0.2) is 0 Å². The Morgan fingerprint density at radius 1 is 0.586 bits per heavy atom. The number of hydrogen-bond donors (Lipinski definition) is 0. The Bertz CT molecular complexity index is 286. The summed E-state index contributed by atoms with van der Waals surface area (Å²) in [6.07, 6.45) is 19.2. The maximum absolute atomic E-state index is 9.92. The summed E-state index contributed by atoms with van der Waals surface area (Å²) in [4.78, 5) is 19.8. The molecule has 0 unspecified atom stereocenters. The van der Waals surface area contributed by atoms with Gasteiger partial charge in [-0.05, 0) is 25.7 Å². The summed E-state index contributed by atoms with van der Waals surface area (Å²) in [6.45, 7) is 10.3. The molecule has 5 heteroatoms. The van der Waals surface area contributed by atoms with Crippen molar-refractivity contribution in [2.45, 2.75) is 136 Å². The molecule has 0 fully saturated rings. The van der Waals surface area contributed by atoms with Gasteiger partial charge in [-0.15, -0.1) is 0 Å². The summed E-state index contributed by atoms with van der Waals surface area (Å²) in [5.74, 6) is -1.84. The quantitative estimate of drug-likeness (QED) is 0.194. The molecule has 0 atom stereocenters. The number of carboxylic acid groups (broad SMARTS) is 2. The molecule has 0 N–H and O–H groups in total. The van der Waals surface area contributed by atoms with Crippen LogP contribution in [0.2, 0.25) is 0 Å². The molecule has 0 aliphatic carbocycles. The van der Waals surface area contributed by atoms with Gasteiger partial charge in [0.15, 0.2) is 0 Å².